The average molecular weight is 532 g/mol. The summed E-state index contributed by atoms with van der Waals surface area (Å²) in [5.41, 5.74) is 0.542. The van der Waals surface area contributed by atoms with Crippen LogP contribution in [-0.2, 0) is 20.3 Å². The number of nitrogens with zero attached hydrogens (tertiary/aromatic N) is 3. The molecule has 1 aromatic carbocycles. The highest BCUT2D eigenvalue weighted by molar-refractivity contribution is 7.90. The van der Waals surface area contributed by atoms with Gasteiger partial charge in [-0.2, -0.15) is 0 Å². The Labute approximate surface area is 216 Å². The van der Waals surface area contributed by atoms with E-state index in [4.69, 9.17) is 4.74 Å². The number of thiazole rings is 1. The number of carbonyl (C=O) groups is 1. The molecule has 3 aromatic rings. The standard InChI is InChI=1S/C26H33N3O5S2/c1-6-28(7-2)19(5)15-34-26(31)29-23(18(3)4)14-13-21(25(29)30)22-16-35-24(27-22)17-36(32,33)20-11-9-8-10-12-20/h8-14,16,18-19H,6-7,15,17H2,1-5H3. The SMILES string of the molecule is CCN(CC)C(C)COC(=O)n1c(C(C)C)ccc(-c2csc(CS(=O)(=O)c3ccccc3)n2)c1=O. The van der Waals surface area contributed by atoms with Gasteiger partial charge >= 0.3 is 6.09 Å². The second-order valence-electron chi connectivity index (χ2n) is 8.81. The number of hydrogen-bond acceptors (Lipinski definition) is 8. The molecule has 0 saturated heterocycles. The number of rotatable bonds is 10. The Bertz CT molecular complexity index is 1340. The van der Waals surface area contributed by atoms with E-state index in [1.165, 1.54) is 0 Å². The first-order valence-electron chi connectivity index (χ1n) is 12.0. The molecule has 194 valence electrons. The van der Waals surface area contributed by atoms with Crippen molar-refractivity contribution in [3.8, 4) is 11.3 Å². The van der Waals surface area contributed by atoms with Crippen molar-refractivity contribution in [3.05, 3.63) is 68.9 Å². The van der Waals surface area contributed by atoms with Gasteiger partial charge in [0.25, 0.3) is 5.56 Å². The molecule has 0 radical (unpaired) electrons. The number of sulfone groups is 1. The molecule has 0 fully saturated rings. The Morgan fingerprint density at radius 3 is 2.36 bits per heavy atom. The smallest absolute Gasteiger partial charge is 0.421 e. The second-order valence-corrected chi connectivity index (χ2v) is 11.7. The third-order valence-electron chi connectivity index (χ3n) is 6.01. The lowest BCUT2D eigenvalue weighted by Gasteiger charge is -2.26. The monoisotopic (exact) mass is 531 g/mol. The molecule has 10 heteroatoms. The van der Waals surface area contributed by atoms with E-state index >= 15 is 0 Å². The molecule has 1 unspecified atom stereocenters. The van der Waals surface area contributed by atoms with Crippen molar-refractivity contribution >= 4 is 27.3 Å². The number of pyridine rings is 1. The number of benzene rings is 1. The van der Waals surface area contributed by atoms with Crippen LogP contribution < -0.4 is 5.56 Å². The van der Waals surface area contributed by atoms with Crippen molar-refractivity contribution in [3.63, 3.8) is 0 Å². The number of carbonyl (C=O) groups excluding carboxylic acids is 1. The minimum absolute atomic E-state index is 0.0120. The largest absolute Gasteiger partial charge is 0.447 e. The third-order valence-corrected chi connectivity index (χ3v) is 8.69. The zero-order valence-electron chi connectivity index (χ0n) is 21.3. The quantitative estimate of drug-likeness (QED) is 0.371. The van der Waals surface area contributed by atoms with Crippen LogP contribution in [0.1, 0.15) is 51.2 Å². The van der Waals surface area contributed by atoms with E-state index in [2.05, 4.69) is 9.88 Å². The van der Waals surface area contributed by atoms with E-state index in [-0.39, 0.29) is 34.8 Å². The fourth-order valence-corrected chi connectivity index (χ4v) is 6.41. The van der Waals surface area contributed by atoms with Crippen molar-refractivity contribution in [1.82, 2.24) is 14.5 Å². The molecule has 36 heavy (non-hydrogen) atoms. The van der Waals surface area contributed by atoms with Crippen LogP contribution in [0.25, 0.3) is 11.3 Å². The highest BCUT2D eigenvalue weighted by atomic mass is 32.2. The average Bonchev–Trinajstić information content (AvgIpc) is 3.30. The van der Waals surface area contributed by atoms with Crippen molar-refractivity contribution in [2.24, 2.45) is 0 Å². The number of hydrogen-bond donors (Lipinski definition) is 0. The molecule has 3 rings (SSSR count). The molecular formula is C26H33N3O5S2. The normalized spacial score (nSPS) is 12.8. The summed E-state index contributed by atoms with van der Waals surface area (Å²) in [5.74, 6) is -0.368. The summed E-state index contributed by atoms with van der Waals surface area (Å²) in [4.78, 5) is 33.3. The molecule has 0 amide bonds. The minimum Gasteiger partial charge on any atom is -0.447 e. The summed E-state index contributed by atoms with van der Waals surface area (Å²) in [6, 6.07) is 11.5. The lowest BCUT2D eigenvalue weighted by Crippen LogP contribution is -2.39. The molecule has 2 aromatic heterocycles. The molecule has 0 aliphatic carbocycles. The minimum atomic E-state index is -3.57. The molecule has 0 aliphatic rings. The topological polar surface area (TPSA) is 98.6 Å². The predicted octanol–water partition coefficient (Wildman–Crippen LogP) is 4.78. The lowest BCUT2D eigenvalue weighted by molar-refractivity contribution is 0.101. The summed E-state index contributed by atoms with van der Waals surface area (Å²) in [7, 11) is -3.57. The van der Waals surface area contributed by atoms with Gasteiger partial charge in [-0.15, -0.1) is 11.3 Å². The van der Waals surface area contributed by atoms with Crippen molar-refractivity contribution < 1.29 is 17.9 Å². The van der Waals surface area contributed by atoms with Crippen molar-refractivity contribution in [2.75, 3.05) is 19.7 Å². The lowest BCUT2D eigenvalue weighted by atomic mass is 10.1. The molecule has 8 nitrogen and oxygen atoms in total. The summed E-state index contributed by atoms with van der Waals surface area (Å²) in [6.07, 6.45) is -0.730. The number of likely N-dealkylation sites (N-methyl/N-ethyl adjacent to an activating group) is 1. The fraction of sp³-hybridized carbons (Fsp3) is 0.423. The van der Waals surface area contributed by atoms with Crippen LogP contribution in [0, 0.1) is 0 Å². The first kappa shape index (κ1) is 27.8. The van der Waals surface area contributed by atoms with Gasteiger partial charge < -0.3 is 4.74 Å². The van der Waals surface area contributed by atoms with Gasteiger partial charge in [0, 0.05) is 17.1 Å². The van der Waals surface area contributed by atoms with Gasteiger partial charge in [-0.3, -0.25) is 9.69 Å². The van der Waals surface area contributed by atoms with Crippen LogP contribution in [0.2, 0.25) is 0 Å². The van der Waals surface area contributed by atoms with Gasteiger partial charge in [0.2, 0.25) is 0 Å². The predicted molar refractivity (Wildman–Crippen MR) is 142 cm³/mol. The Balaban J connectivity index is 1.89. The molecule has 1 atom stereocenters. The van der Waals surface area contributed by atoms with E-state index in [9.17, 15) is 18.0 Å². The Kier molecular flexibility index (Phi) is 9.21. The highest BCUT2D eigenvalue weighted by Gasteiger charge is 2.23. The van der Waals surface area contributed by atoms with Gasteiger partial charge in [0.1, 0.15) is 17.4 Å². The first-order valence-corrected chi connectivity index (χ1v) is 14.5. The van der Waals surface area contributed by atoms with Crippen LogP contribution >= 0.6 is 11.3 Å². The maximum Gasteiger partial charge on any atom is 0.421 e. The van der Waals surface area contributed by atoms with Crippen LogP contribution in [0.5, 0.6) is 0 Å². The molecule has 2 heterocycles. The number of aromatic nitrogens is 2. The van der Waals surface area contributed by atoms with Crippen LogP contribution in [0.3, 0.4) is 0 Å². The maximum absolute atomic E-state index is 13.4. The third kappa shape index (κ3) is 6.29. The molecule has 0 spiro atoms. The Morgan fingerprint density at radius 2 is 1.75 bits per heavy atom. The van der Waals surface area contributed by atoms with Crippen LogP contribution in [0.4, 0.5) is 4.79 Å². The van der Waals surface area contributed by atoms with Gasteiger partial charge in [0.15, 0.2) is 9.84 Å². The Hall–Kier alpha value is -2.82. The second kappa shape index (κ2) is 11.9. The van der Waals surface area contributed by atoms with Crippen LogP contribution in [-0.4, -0.2) is 54.7 Å². The van der Waals surface area contributed by atoms with E-state index in [0.717, 1.165) is 29.0 Å². The molecule has 0 N–H and O–H groups in total. The van der Waals surface area contributed by atoms with Crippen molar-refractivity contribution in [1.29, 1.82) is 0 Å². The molecule has 0 bridgehead atoms. The first-order chi connectivity index (χ1) is 17.1. The van der Waals surface area contributed by atoms with E-state index in [1.54, 1.807) is 47.8 Å². The fourth-order valence-electron chi connectivity index (χ4n) is 3.97. The number of ether oxygens (including phenoxy) is 1. The Morgan fingerprint density at radius 1 is 1.08 bits per heavy atom. The molecular weight excluding hydrogens is 498 g/mol. The van der Waals surface area contributed by atoms with E-state index in [1.807, 2.05) is 34.6 Å². The molecule has 0 saturated carbocycles. The summed E-state index contributed by atoms with van der Waals surface area (Å²) >= 11 is 1.16. The summed E-state index contributed by atoms with van der Waals surface area (Å²) < 4.78 is 32.1. The van der Waals surface area contributed by atoms with Gasteiger partial charge in [-0.25, -0.2) is 22.8 Å². The van der Waals surface area contributed by atoms with Crippen molar-refractivity contribution in [2.45, 2.75) is 57.2 Å². The zero-order valence-corrected chi connectivity index (χ0v) is 22.9. The summed E-state index contributed by atoms with van der Waals surface area (Å²) in [5, 5.41) is 2.00. The summed E-state index contributed by atoms with van der Waals surface area (Å²) in [6.45, 7) is 11.7. The van der Waals surface area contributed by atoms with Gasteiger partial charge in [-0.1, -0.05) is 45.9 Å². The zero-order chi connectivity index (χ0) is 26.5. The van der Waals surface area contributed by atoms with E-state index in [0.29, 0.717) is 16.4 Å². The van der Waals surface area contributed by atoms with Gasteiger partial charge in [-0.05, 0) is 50.2 Å². The van der Waals surface area contributed by atoms with E-state index < -0.39 is 21.5 Å². The van der Waals surface area contributed by atoms with Gasteiger partial charge in [0.05, 0.1) is 16.2 Å². The maximum atomic E-state index is 13.4. The molecule has 0 aliphatic heterocycles. The highest BCUT2D eigenvalue weighted by Crippen LogP contribution is 2.24. The van der Waals surface area contributed by atoms with Crippen LogP contribution in [0.15, 0.2) is 57.5 Å².